The maximum Gasteiger partial charge on any atom is 0.247 e. The topological polar surface area (TPSA) is 77.6 Å². The van der Waals surface area contributed by atoms with Crippen LogP contribution in [0.1, 0.15) is 17.0 Å². The molecule has 1 amide bonds. The van der Waals surface area contributed by atoms with E-state index < -0.39 is 0 Å². The van der Waals surface area contributed by atoms with Crippen molar-refractivity contribution in [3.8, 4) is 11.1 Å². The molecule has 3 aromatic heterocycles. The predicted octanol–water partition coefficient (Wildman–Crippen LogP) is 3.45. The van der Waals surface area contributed by atoms with Crippen molar-refractivity contribution in [1.82, 2.24) is 24.5 Å². The van der Waals surface area contributed by atoms with Crippen LogP contribution < -0.4 is 5.32 Å². The van der Waals surface area contributed by atoms with Gasteiger partial charge in [0.1, 0.15) is 6.54 Å². The van der Waals surface area contributed by atoms with Crippen molar-refractivity contribution in [2.45, 2.75) is 26.9 Å². The van der Waals surface area contributed by atoms with E-state index in [9.17, 15) is 4.79 Å². The van der Waals surface area contributed by atoms with Gasteiger partial charge in [-0.3, -0.25) is 19.1 Å². The number of hydrogen-bond acceptors (Lipinski definition) is 4. The number of nitrogens with one attached hydrogen (secondary N) is 1. The number of pyridine rings is 1. The zero-order valence-corrected chi connectivity index (χ0v) is 16.4. The third-order valence-electron chi connectivity index (χ3n) is 4.74. The first-order valence-corrected chi connectivity index (χ1v) is 9.42. The molecule has 0 aliphatic rings. The zero-order valence-electron chi connectivity index (χ0n) is 16.4. The standard InChI is InChI=1S/C22H22N6O/c1-16-22(19-8-11-23-12-9-19)17(2)28(25-16)15-21(29)24-20-10-13-27(26-20)14-18-6-4-3-5-7-18/h3-13H,14-15H2,1-2H3,(H,24,26,29). The fourth-order valence-electron chi connectivity index (χ4n) is 3.39. The lowest BCUT2D eigenvalue weighted by Gasteiger charge is -2.06. The highest BCUT2D eigenvalue weighted by atomic mass is 16.2. The normalized spacial score (nSPS) is 10.8. The van der Waals surface area contributed by atoms with Gasteiger partial charge in [-0.25, -0.2) is 0 Å². The minimum absolute atomic E-state index is 0.128. The van der Waals surface area contributed by atoms with Crippen LogP contribution in [0.5, 0.6) is 0 Å². The second-order valence-corrected chi connectivity index (χ2v) is 6.87. The smallest absolute Gasteiger partial charge is 0.247 e. The monoisotopic (exact) mass is 386 g/mol. The molecule has 0 aliphatic carbocycles. The largest absolute Gasteiger partial charge is 0.308 e. The highest BCUT2D eigenvalue weighted by molar-refractivity contribution is 5.89. The van der Waals surface area contributed by atoms with Crippen LogP contribution in [0.3, 0.4) is 0 Å². The lowest BCUT2D eigenvalue weighted by atomic mass is 10.1. The summed E-state index contributed by atoms with van der Waals surface area (Å²) in [7, 11) is 0. The van der Waals surface area contributed by atoms with Gasteiger partial charge in [0, 0.05) is 35.9 Å². The van der Waals surface area contributed by atoms with Crippen molar-refractivity contribution >= 4 is 11.7 Å². The van der Waals surface area contributed by atoms with Gasteiger partial charge < -0.3 is 5.32 Å². The Balaban J connectivity index is 1.43. The average Bonchev–Trinajstić information content (AvgIpc) is 3.26. The molecule has 0 saturated heterocycles. The van der Waals surface area contributed by atoms with E-state index >= 15 is 0 Å². The first kappa shape index (κ1) is 18.6. The number of aryl methyl sites for hydroxylation is 1. The van der Waals surface area contributed by atoms with Crippen LogP contribution >= 0.6 is 0 Å². The Kier molecular flexibility index (Phi) is 5.20. The molecule has 0 spiro atoms. The van der Waals surface area contributed by atoms with E-state index in [1.54, 1.807) is 27.8 Å². The van der Waals surface area contributed by atoms with Gasteiger partial charge in [0.25, 0.3) is 0 Å². The van der Waals surface area contributed by atoms with Crippen LogP contribution in [-0.2, 0) is 17.9 Å². The van der Waals surface area contributed by atoms with Crippen molar-refractivity contribution in [2.75, 3.05) is 5.32 Å². The summed E-state index contributed by atoms with van der Waals surface area (Å²) in [4.78, 5) is 16.6. The maximum atomic E-state index is 12.5. The van der Waals surface area contributed by atoms with Gasteiger partial charge in [0.2, 0.25) is 5.91 Å². The summed E-state index contributed by atoms with van der Waals surface area (Å²) in [6, 6.07) is 15.8. The third kappa shape index (κ3) is 4.24. The minimum atomic E-state index is -0.165. The number of carbonyl (C=O) groups is 1. The summed E-state index contributed by atoms with van der Waals surface area (Å²) in [5, 5.41) is 11.8. The van der Waals surface area contributed by atoms with Gasteiger partial charge in [0.15, 0.2) is 5.82 Å². The van der Waals surface area contributed by atoms with Crippen LogP contribution in [0.2, 0.25) is 0 Å². The molecule has 1 N–H and O–H groups in total. The molecule has 1 aromatic carbocycles. The van der Waals surface area contributed by atoms with Crippen LogP contribution in [-0.4, -0.2) is 30.5 Å². The molecule has 0 unspecified atom stereocenters. The fourth-order valence-corrected chi connectivity index (χ4v) is 3.39. The number of anilines is 1. The quantitative estimate of drug-likeness (QED) is 0.551. The van der Waals surface area contributed by atoms with Gasteiger partial charge in [-0.05, 0) is 37.1 Å². The van der Waals surface area contributed by atoms with Crippen LogP contribution in [0, 0.1) is 13.8 Å². The lowest BCUT2D eigenvalue weighted by Crippen LogP contribution is -2.20. The van der Waals surface area contributed by atoms with E-state index in [-0.39, 0.29) is 12.5 Å². The molecule has 146 valence electrons. The number of nitrogens with zero attached hydrogens (tertiary/aromatic N) is 5. The van der Waals surface area contributed by atoms with Crippen molar-refractivity contribution in [3.05, 3.63) is 84.1 Å². The van der Waals surface area contributed by atoms with E-state index in [1.807, 2.05) is 62.5 Å². The van der Waals surface area contributed by atoms with E-state index in [0.29, 0.717) is 12.4 Å². The second kappa shape index (κ2) is 8.10. The highest BCUT2D eigenvalue weighted by Crippen LogP contribution is 2.26. The Morgan fingerprint density at radius 2 is 1.76 bits per heavy atom. The average molecular weight is 386 g/mol. The van der Waals surface area contributed by atoms with Crippen LogP contribution in [0.15, 0.2) is 67.1 Å². The van der Waals surface area contributed by atoms with Crippen LogP contribution in [0.4, 0.5) is 5.82 Å². The molecule has 29 heavy (non-hydrogen) atoms. The number of hydrogen-bond donors (Lipinski definition) is 1. The molecule has 0 bridgehead atoms. The number of carbonyl (C=O) groups excluding carboxylic acids is 1. The van der Waals surface area contributed by atoms with Gasteiger partial charge in [0.05, 0.1) is 12.2 Å². The Hall–Kier alpha value is -3.74. The molecule has 0 aliphatic heterocycles. The van der Waals surface area contributed by atoms with E-state index in [2.05, 4.69) is 20.5 Å². The van der Waals surface area contributed by atoms with Gasteiger partial charge in [-0.1, -0.05) is 30.3 Å². The fraction of sp³-hybridized carbons (Fsp3) is 0.182. The molecule has 0 saturated carbocycles. The summed E-state index contributed by atoms with van der Waals surface area (Å²) < 4.78 is 3.52. The molecule has 7 heteroatoms. The zero-order chi connectivity index (χ0) is 20.2. The minimum Gasteiger partial charge on any atom is -0.308 e. The summed E-state index contributed by atoms with van der Waals surface area (Å²) in [5.74, 6) is 0.364. The van der Waals surface area contributed by atoms with Gasteiger partial charge >= 0.3 is 0 Å². The molecule has 4 rings (SSSR count). The Morgan fingerprint density at radius 1 is 1.00 bits per heavy atom. The highest BCUT2D eigenvalue weighted by Gasteiger charge is 2.16. The number of amides is 1. The molecule has 0 radical (unpaired) electrons. The summed E-state index contributed by atoms with van der Waals surface area (Å²) in [6.07, 6.45) is 5.36. The molecular weight excluding hydrogens is 364 g/mol. The Morgan fingerprint density at radius 3 is 2.52 bits per heavy atom. The second-order valence-electron chi connectivity index (χ2n) is 6.87. The van der Waals surface area contributed by atoms with Crippen LogP contribution in [0.25, 0.3) is 11.1 Å². The molecular formula is C22H22N6O. The first-order chi connectivity index (χ1) is 14.1. The van der Waals surface area contributed by atoms with Crippen molar-refractivity contribution in [1.29, 1.82) is 0 Å². The lowest BCUT2D eigenvalue weighted by molar-refractivity contribution is -0.117. The molecule has 3 heterocycles. The van der Waals surface area contributed by atoms with E-state index in [1.165, 1.54) is 0 Å². The molecule has 7 nitrogen and oxygen atoms in total. The Bertz CT molecular complexity index is 1110. The summed E-state index contributed by atoms with van der Waals surface area (Å²) >= 11 is 0. The summed E-state index contributed by atoms with van der Waals surface area (Å²) in [5.41, 5.74) is 5.06. The van der Waals surface area contributed by atoms with Crippen molar-refractivity contribution in [2.24, 2.45) is 0 Å². The van der Waals surface area contributed by atoms with E-state index in [0.717, 1.165) is 28.1 Å². The molecule has 0 fully saturated rings. The number of benzene rings is 1. The predicted molar refractivity (Wildman–Crippen MR) is 111 cm³/mol. The maximum absolute atomic E-state index is 12.5. The SMILES string of the molecule is Cc1nn(CC(=O)Nc2ccn(Cc3ccccc3)n2)c(C)c1-c1ccncc1. The van der Waals surface area contributed by atoms with Gasteiger partial charge in [-0.15, -0.1) is 0 Å². The first-order valence-electron chi connectivity index (χ1n) is 9.42. The summed E-state index contributed by atoms with van der Waals surface area (Å²) in [6.45, 7) is 4.70. The molecule has 4 aromatic rings. The number of rotatable bonds is 6. The van der Waals surface area contributed by atoms with E-state index in [4.69, 9.17) is 0 Å². The molecule has 0 atom stereocenters. The Labute approximate surface area is 169 Å². The van der Waals surface area contributed by atoms with Crippen molar-refractivity contribution < 1.29 is 4.79 Å². The van der Waals surface area contributed by atoms with Gasteiger partial charge in [-0.2, -0.15) is 10.2 Å². The van der Waals surface area contributed by atoms with Crippen molar-refractivity contribution in [3.63, 3.8) is 0 Å². The number of aromatic nitrogens is 5. The third-order valence-corrected chi connectivity index (χ3v) is 4.74.